The molecule has 0 radical (unpaired) electrons. The van der Waals surface area contributed by atoms with Gasteiger partial charge in [-0.25, -0.2) is 9.97 Å². The zero-order valence-electron chi connectivity index (χ0n) is 18.0. The van der Waals surface area contributed by atoms with Crippen molar-refractivity contribution in [1.29, 1.82) is 0 Å². The van der Waals surface area contributed by atoms with E-state index in [1.54, 1.807) is 0 Å². The van der Waals surface area contributed by atoms with Crippen molar-refractivity contribution in [3.63, 3.8) is 0 Å². The molecule has 0 bridgehead atoms. The number of aromatic nitrogens is 3. The largest absolute Gasteiger partial charge is 0.492 e. The predicted molar refractivity (Wildman–Crippen MR) is 120 cm³/mol. The summed E-state index contributed by atoms with van der Waals surface area (Å²) in [6, 6.07) is 5.80. The maximum atomic E-state index is 13.5. The first-order chi connectivity index (χ1) is 14.6. The Morgan fingerprint density at radius 3 is 2.93 bits per heavy atom. The zero-order chi connectivity index (χ0) is 21.1. The number of fused-ring (bicyclic) bond motifs is 1. The minimum atomic E-state index is 0.0205. The molecule has 0 saturated heterocycles. The molecule has 4 rings (SSSR count). The van der Waals surface area contributed by atoms with E-state index < -0.39 is 0 Å². The van der Waals surface area contributed by atoms with Crippen LogP contribution >= 0.6 is 11.3 Å². The van der Waals surface area contributed by atoms with E-state index in [9.17, 15) is 4.79 Å². The van der Waals surface area contributed by atoms with Gasteiger partial charge in [0.2, 0.25) is 0 Å². The molecule has 1 aliphatic carbocycles. The summed E-state index contributed by atoms with van der Waals surface area (Å²) in [4.78, 5) is 25.5. The van der Waals surface area contributed by atoms with Crippen molar-refractivity contribution in [2.45, 2.75) is 53.1 Å². The molecule has 1 fully saturated rings. The Morgan fingerprint density at radius 2 is 2.20 bits per heavy atom. The van der Waals surface area contributed by atoms with Crippen molar-refractivity contribution in [2.75, 3.05) is 13.2 Å². The Kier molecular flexibility index (Phi) is 6.37. The first-order valence-corrected chi connectivity index (χ1v) is 11.7. The molecule has 3 aromatic rings. The van der Waals surface area contributed by atoms with Gasteiger partial charge in [0.1, 0.15) is 22.0 Å². The molecule has 7 heteroatoms. The van der Waals surface area contributed by atoms with Crippen molar-refractivity contribution in [3.8, 4) is 5.75 Å². The fourth-order valence-electron chi connectivity index (χ4n) is 3.58. The number of hydrogen-bond donors (Lipinski definition) is 0. The maximum absolute atomic E-state index is 13.5. The fourth-order valence-corrected chi connectivity index (χ4v) is 4.38. The molecule has 0 aromatic carbocycles. The Labute approximate surface area is 181 Å². The van der Waals surface area contributed by atoms with Gasteiger partial charge in [0.05, 0.1) is 13.2 Å². The lowest BCUT2D eigenvalue weighted by Gasteiger charge is -2.24. The summed E-state index contributed by atoms with van der Waals surface area (Å²) in [7, 11) is 0. The van der Waals surface area contributed by atoms with Crippen LogP contribution in [0.25, 0.3) is 11.2 Å². The Morgan fingerprint density at radius 1 is 1.37 bits per heavy atom. The lowest BCUT2D eigenvalue weighted by atomic mass is 10.1. The summed E-state index contributed by atoms with van der Waals surface area (Å²) in [5.74, 6) is 2.83. The first-order valence-electron chi connectivity index (χ1n) is 10.9. The van der Waals surface area contributed by atoms with Gasteiger partial charge < -0.3 is 14.2 Å². The van der Waals surface area contributed by atoms with Gasteiger partial charge in [-0.1, -0.05) is 13.8 Å². The average molecular weight is 427 g/mol. The number of rotatable bonds is 10. The summed E-state index contributed by atoms with van der Waals surface area (Å²) >= 11 is 1.44. The average Bonchev–Trinajstić information content (AvgIpc) is 3.32. The fraction of sp³-hybridized carbons (Fsp3) is 0.522. The van der Waals surface area contributed by atoms with Gasteiger partial charge in [-0.05, 0) is 61.6 Å². The lowest BCUT2D eigenvalue weighted by molar-refractivity contribution is 0.0730. The van der Waals surface area contributed by atoms with E-state index in [4.69, 9.17) is 9.72 Å². The van der Waals surface area contributed by atoms with Crippen molar-refractivity contribution in [2.24, 2.45) is 11.8 Å². The number of carbonyl (C=O) groups is 1. The summed E-state index contributed by atoms with van der Waals surface area (Å²) in [6.07, 6.45) is 5.28. The quantitative estimate of drug-likeness (QED) is 0.458. The van der Waals surface area contributed by atoms with E-state index in [0.717, 1.165) is 30.0 Å². The van der Waals surface area contributed by atoms with Crippen molar-refractivity contribution in [1.82, 2.24) is 19.4 Å². The SMILES string of the molecule is CCOc1ccsc1C(=O)N(CCC(C)C)Cc1nc2cccnc2n1CC1CC1. The molecule has 6 nitrogen and oxygen atoms in total. The summed E-state index contributed by atoms with van der Waals surface area (Å²) in [5, 5.41) is 1.92. The van der Waals surface area contributed by atoms with Crippen molar-refractivity contribution >= 4 is 28.4 Å². The zero-order valence-corrected chi connectivity index (χ0v) is 18.8. The molecule has 0 unspecified atom stereocenters. The molecule has 3 heterocycles. The number of ether oxygens (including phenoxy) is 1. The number of carbonyl (C=O) groups excluding carboxylic acids is 1. The van der Waals surface area contributed by atoms with Gasteiger partial charge in [0.25, 0.3) is 5.91 Å². The monoisotopic (exact) mass is 426 g/mol. The van der Waals surface area contributed by atoms with E-state index in [2.05, 4.69) is 23.4 Å². The van der Waals surface area contributed by atoms with Gasteiger partial charge in [-0.2, -0.15) is 0 Å². The molecule has 1 saturated carbocycles. The number of nitrogens with zero attached hydrogens (tertiary/aromatic N) is 4. The lowest BCUT2D eigenvalue weighted by Crippen LogP contribution is -2.33. The third-order valence-corrected chi connectivity index (χ3v) is 6.32. The maximum Gasteiger partial charge on any atom is 0.268 e. The number of imidazole rings is 1. The summed E-state index contributed by atoms with van der Waals surface area (Å²) in [5.41, 5.74) is 1.82. The van der Waals surface area contributed by atoms with Crippen LogP contribution in [0.5, 0.6) is 5.75 Å². The van der Waals surface area contributed by atoms with Crippen molar-refractivity contribution in [3.05, 3.63) is 40.5 Å². The highest BCUT2D eigenvalue weighted by Gasteiger charge is 2.27. The van der Waals surface area contributed by atoms with E-state index >= 15 is 0 Å². The topological polar surface area (TPSA) is 60.2 Å². The Bertz CT molecular complexity index is 1010. The first kappa shape index (κ1) is 20.8. The van der Waals surface area contributed by atoms with Gasteiger partial charge in [0, 0.05) is 19.3 Å². The second kappa shape index (κ2) is 9.16. The van der Waals surface area contributed by atoms with Gasteiger partial charge in [-0.15, -0.1) is 11.3 Å². The van der Waals surface area contributed by atoms with Gasteiger partial charge in [-0.3, -0.25) is 4.79 Å². The minimum Gasteiger partial charge on any atom is -0.492 e. The molecular weight excluding hydrogens is 396 g/mol. The summed E-state index contributed by atoms with van der Waals surface area (Å²) < 4.78 is 7.91. The van der Waals surface area contributed by atoms with Crippen LogP contribution in [0.1, 0.15) is 55.5 Å². The standard InChI is InChI=1S/C23H30N4O2S/c1-4-29-19-10-13-30-21(19)23(28)26(12-9-16(2)3)15-20-25-18-6-5-11-24-22(18)27(20)14-17-7-8-17/h5-6,10-11,13,16-17H,4,7-9,12,14-15H2,1-3H3. The molecule has 1 aliphatic rings. The minimum absolute atomic E-state index is 0.0205. The summed E-state index contributed by atoms with van der Waals surface area (Å²) in [6.45, 7) is 8.97. The highest BCUT2D eigenvalue weighted by atomic mass is 32.1. The molecule has 0 aliphatic heterocycles. The Balaban J connectivity index is 1.64. The van der Waals surface area contributed by atoms with Crippen LogP contribution in [0.4, 0.5) is 0 Å². The molecular formula is C23H30N4O2S. The third-order valence-electron chi connectivity index (χ3n) is 5.44. The molecule has 0 atom stereocenters. The third kappa shape index (κ3) is 4.67. The molecule has 30 heavy (non-hydrogen) atoms. The predicted octanol–water partition coefficient (Wildman–Crippen LogP) is 4.99. The van der Waals surface area contributed by atoms with Crippen LogP contribution in [0.15, 0.2) is 29.8 Å². The van der Waals surface area contributed by atoms with E-state index in [1.165, 1.54) is 24.2 Å². The van der Waals surface area contributed by atoms with E-state index in [1.807, 2.05) is 41.6 Å². The highest BCUT2D eigenvalue weighted by molar-refractivity contribution is 7.12. The molecule has 0 spiro atoms. The number of amides is 1. The van der Waals surface area contributed by atoms with Gasteiger partial charge >= 0.3 is 0 Å². The van der Waals surface area contributed by atoms with E-state index in [0.29, 0.717) is 42.2 Å². The van der Waals surface area contributed by atoms with E-state index in [-0.39, 0.29) is 5.91 Å². The van der Waals surface area contributed by atoms with Crippen LogP contribution in [0, 0.1) is 11.8 Å². The highest BCUT2D eigenvalue weighted by Crippen LogP contribution is 2.33. The van der Waals surface area contributed by atoms with Crippen LogP contribution in [-0.4, -0.2) is 38.5 Å². The second-order valence-corrected chi connectivity index (χ2v) is 9.30. The van der Waals surface area contributed by atoms with Crippen LogP contribution < -0.4 is 4.74 Å². The number of pyridine rings is 1. The van der Waals surface area contributed by atoms with Crippen molar-refractivity contribution < 1.29 is 9.53 Å². The van der Waals surface area contributed by atoms with Crippen LogP contribution in [-0.2, 0) is 13.1 Å². The molecule has 3 aromatic heterocycles. The number of hydrogen-bond acceptors (Lipinski definition) is 5. The smallest absolute Gasteiger partial charge is 0.268 e. The molecule has 1 amide bonds. The Hall–Kier alpha value is -2.41. The van der Waals surface area contributed by atoms with Gasteiger partial charge in [0.15, 0.2) is 5.65 Å². The normalized spacial score (nSPS) is 13.9. The van der Waals surface area contributed by atoms with Crippen LogP contribution in [0.3, 0.4) is 0 Å². The molecule has 0 N–H and O–H groups in total. The van der Waals surface area contributed by atoms with Crippen LogP contribution in [0.2, 0.25) is 0 Å². The number of thiophene rings is 1. The second-order valence-electron chi connectivity index (χ2n) is 8.38. The molecule has 160 valence electrons.